The van der Waals surface area contributed by atoms with E-state index in [0.29, 0.717) is 13.1 Å². The van der Waals surface area contributed by atoms with Gasteiger partial charge in [0, 0.05) is 12.2 Å². The summed E-state index contributed by atoms with van der Waals surface area (Å²) >= 11 is 0. The van der Waals surface area contributed by atoms with Gasteiger partial charge in [0.1, 0.15) is 12.1 Å². The van der Waals surface area contributed by atoms with Crippen LogP contribution in [0.4, 0.5) is 4.79 Å². The minimum atomic E-state index is -0.953. The van der Waals surface area contributed by atoms with Gasteiger partial charge in [-0.25, -0.2) is 4.79 Å². The summed E-state index contributed by atoms with van der Waals surface area (Å²) in [6, 6.07) is 1.55. The molecule has 0 spiro atoms. The second-order valence-electron chi connectivity index (χ2n) is 7.44. The highest BCUT2D eigenvalue weighted by atomic mass is 16.2. The van der Waals surface area contributed by atoms with Crippen molar-refractivity contribution >= 4 is 17.8 Å². The molecule has 1 unspecified atom stereocenters. The fourth-order valence-electron chi connectivity index (χ4n) is 3.60. The number of urea groups is 1. The van der Waals surface area contributed by atoms with Gasteiger partial charge in [-0.05, 0) is 46.6 Å². The lowest BCUT2D eigenvalue weighted by Crippen LogP contribution is -2.46. The monoisotopic (exact) mass is 347 g/mol. The molecule has 25 heavy (non-hydrogen) atoms. The minimum Gasteiger partial charge on any atom is -0.336 e. The Bertz CT molecular complexity index is 724. The Hall–Kier alpha value is -2.38. The standard InChI is InChI=1S/C17H25N5O3/c1-11-8-12(2)22(19-11)9-13-6-5-7-20(13)14(23)10-21-15(24)17(3,4)18-16(21)25/h8,13H,5-7,9-10H2,1-4H3,(H,18,25). The predicted octanol–water partition coefficient (Wildman–Crippen LogP) is 0.821. The number of aromatic nitrogens is 2. The van der Waals surface area contributed by atoms with E-state index in [-0.39, 0.29) is 24.4 Å². The number of carbonyl (C=O) groups is 3. The minimum absolute atomic E-state index is 0.0410. The van der Waals surface area contributed by atoms with E-state index in [0.717, 1.165) is 29.1 Å². The zero-order chi connectivity index (χ0) is 18.4. The third-order valence-corrected chi connectivity index (χ3v) is 4.92. The van der Waals surface area contributed by atoms with E-state index in [4.69, 9.17) is 0 Å². The summed E-state index contributed by atoms with van der Waals surface area (Å²) in [6.45, 7) is 8.30. The van der Waals surface area contributed by atoms with E-state index in [1.165, 1.54) is 0 Å². The fraction of sp³-hybridized carbons (Fsp3) is 0.647. The van der Waals surface area contributed by atoms with Crippen molar-refractivity contribution < 1.29 is 14.4 Å². The Morgan fingerprint density at radius 2 is 2.08 bits per heavy atom. The normalized spacial score (nSPS) is 22.6. The number of nitrogens with one attached hydrogen (secondary N) is 1. The maximum Gasteiger partial charge on any atom is 0.325 e. The molecule has 3 rings (SSSR count). The maximum atomic E-state index is 12.7. The summed E-state index contributed by atoms with van der Waals surface area (Å²) in [7, 11) is 0. The number of likely N-dealkylation sites (tertiary alicyclic amines) is 1. The molecule has 0 radical (unpaired) electrons. The number of nitrogens with zero attached hydrogens (tertiary/aromatic N) is 4. The van der Waals surface area contributed by atoms with Gasteiger partial charge in [-0.1, -0.05) is 0 Å². The Balaban J connectivity index is 1.68. The molecule has 0 aromatic carbocycles. The molecule has 1 aromatic heterocycles. The number of imide groups is 1. The van der Waals surface area contributed by atoms with E-state index >= 15 is 0 Å². The van der Waals surface area contributed by atoms with Gasteiger partial charge in [-0.2, -0.15) is 5.10 Å². The molecule has 0 bridgehead atoms. The topological polar surface area (TPSA) is 87.5 Å². The van der Waals surface area contributed by atoms with Crippen molar-refractivity contribution in [1.82, 2.24) is 24.9 Å². The molecular weight excluding hydrogens is 322 g/mol. The van der Waals surface area contributed by atoms with E-state index < -0.39 is 11.6 Å². The van der Waals surface area contributed by atoms with Crippen molar-refractivity contribution in [3.8, 4) is 0 Å². The largest absolute Gasteiger partial charge is 0.336 e. The predicted molar refractivity (Wildman–Crippen MR) is 90.8 cm³/mol. The van der Waals surface area contributed by atoms with E-state index in [1.54, 1.807) is 18.7 Å². The Morgan fingerprint density at radius 3 is 2.64 bits per heavy atom. The molecule has 8 nitrogen and oxygen atoms in total. The smallest absolute Gasteiger partial charge is 0.325 e. The maximum absolute atomic E-state index is 12.7. The zero-order valence-corrected chi connectivity index (χ0v) is 15.2. The quantitative estimate of drug-likeness (QED) is 0.817. The van der Waals surface area contributed by atoms with Gasteiger partial charge < -0.3 is 10.2 Å². The van der Waals surface area contributed by atoms with Crippen molar-refractivity contribution in [2.24, 2.45) is 0 Å². The summed E-state index contributed by atoms with van der Waals surface area (Å²) in [5, 5.41) is 7.07. The second kappa shape index (κ2) is 6.16. The molecule has 2 aliphatic heterocycles. The molecule has 1 N–H and O–H groups in total. The first-order chi connectivity index (χ1) is 11.7. The van der Waals surface area contributed by atoms with Crippen molar-refractivity contribution in [3.05, 3.63) is 17.5 Å². The van der Waals surface area contributed by atoms with E-state index in [2.05, 4.69) is 10.4 Å². The van der Waals surface area contributed by atoms with Crippen molar-refractivity contribution in [1.29, 1.82) is 0 Å². The van der Waals surface area contributed by atoms with E-state index in [9.17, 15) is 14.4 Å². The average Bonchev–Trinajstić information content (AvgIpc) is 3.14. The SMILES string of the molecule is Cc1cc(C)n(CC2CCCN2C(=O)CN2C(=O)NC(C)(C)C2=O)n1. The number of amides is 4. The summed E-state index contributed by atoms with van der Waals surface area (Å²) in [4.78, 5) is 39.8. The highest BCUT2D eigenvalue weighted by Gasteiger charge is 2.45. The number of carbonyl (C=O) groups excluding carboxylic acids is 3. The van der Waals surface area contributed by atoms with Gasteiger partial charge in [-0.15, -0.1) is 0 Å². The summed E-state index contributed by atoms with van der Waals surface area (Å²) in [5.41, 5.74) is 1.06. The molecule has 2 fully saturated rings. The summed E-state index contributed by atoms with van der Waals surface area (Å²) in [6.07, 6.45) is 1.82. The van der Waals surface area contributed by atoms with Crippen LogP contribution in [0, 0.1) is 13.8 Å². The number of rotatable bonds is 4. The first-order valence-electron chi connectivity index (χ1n) is 8.63. The molecule has 3 heterocycles. The van der Waals surface area contributed by atoms with Crippen LogP contribution in [0.1, 0.15) is 38.1 Å². The van der Waals surface area contributed by atoms with Gasteiger partial charge in [0.15, 0.2) is 0 Å². The highest BCUT2D eigenvalue weighted by molar-refractivity contribution is 6.08. The van der Waals surface area contributed by atoms with Crippen LogP contribution >= 0.6 is 0 Å². The molecule has 0 saturated carbocycles. The van der Waals surface area contributed by atoms with Crippen LogP contribution in [-0.2, 0) is 16.1 Å². The van der Waals surface area contributed by atoms with Gasteiger partial charge in [0.25, 0.3) is 5.91 Å². The fourth-order valence-corrected chi connectivity index (χ4v) is 3.60. The molecule has 8 heteroatoms. The van der Waals surface area contributed by atoms with Crippen LogP contribution in [-0.4, -0.2) is 62.1 Å². The second-order valence-corrected chi connectivity index (χ2v) is 7.44. The van der Waals surface area contributed by atoms with Crippen molar-refractivity contribution in [2.45, 2.75) is 58.7 Å². The molecule has 136 valence electrons. The summed E-state index contributed by atoms with van der Waals surface area (Å²) in [5.74, 6) is -0.551. The van der Waals surface area contributed by atoms with Crippen LogP contribution < -0.4 is 5.32 Å². The van der Waals surface area contributed by atoms with E-state index in [1.807, 2.05) is 24.6 Å². The Labute approximate surface area is 147 Å². The number of hydrogen-bond acceptors (Lipinski definition) is 4. The van der Waals surface area contributed by atoms with Gasteiger partial charge in [-0.3, -0.25) is 19.2 Å². The third-order valence-electron chi connectivity index (χ3n) is 4.92. The zero-order valence-electron chi connectivity index (χ0n) is 15.2. The average molecular weight is 347 g/mol. The molecule has 2 saturated heterocycles. The van der Waals surface area contributed by atoms with Gasteiger partial charge >= 0.3 is 6.03 Å². The van der Waals surface area contributed by atoms with Gasteiger partial charge in [0.05, 0.1) is 18.3 Å². The van der Waals surface area contributed by atoms with Crippen LogP contribution in [0.15, 0.2) is 6.07 Å². The Morgan fingerprint density at radius 1 is 1.36 bits per heavy atom. The number of hydrogen-bond donors (Lipinski definition) is 1. The molecule has 1 aromatic rings. The molecule has 1 atom stereocenters. The molecular formula is C17H25N5O3. The van der Waals surface area contributed by atoms with Crippen LogP contribution in [0.3, 0.4) is 0 Å². The van der Waals surface area contributed by atoms with Crippen LogP contribution in [0.25, 0.3) is 0 Å². The molecule has 0 aliphatic carbocycles. The lowest BCUT2D eigenvalue weighted by atomic mass is 10.1. The Kier molecular flexibility index (Phi) is 4.30. The first-order valence-corrected chi connectivity index (χ1v) is 8.63. The van der Waals surface area contributed by atoms with Crippen LogP contribution in [0.5, 0.6) is 0 Å². The van der Waals surface area contributed by atoms with Crippen molar-refractivity contribution in [2.75, 3.05) is 13.1 Å². The first kappa shape index (κ1) is 17.4. The lowest BCUT2D eigenvalue weighted by molar-refractivity contribution is -0.139. The number of aryl methyl sites for hydroxylation is 2. The van der Waals surface area contributed by atoms with Gasteiger partial charge in [0.2, 0.25) is 5.91 Å². The highest BCUT2D eigenvalue weighted by Crippen LogP contribution is 2.22. The lowest BCUT2D eigenvalue weighted by Gasteiger charge is -2.26. The third kappa shape index (κ3) is 3.25. The summed E-state index contributed by atoms with van der Waals surface area (Å²) < 4.78 is 1.92. The van der Waals surface area contributed by atoms with Crippen molar-refractivity contribution in [3.63, 3.8) is 0 Å². The molecule has 2 aliphatic rings. The van der Waals surface area contributed by atoms with Crippen LogP contribution in [0.2, 0.25) is 0 Å². The molecule has 4 amide bonds.